The molecule has 1 aromatic heterocycles. The summed E-state index contributed by atoms with van der Waals surface area (Å²) >= 11 is 0. The van der Waals surface area contributed by atoms with Crippen LogP contribution < -0.4 is 9.46 Å². The maximum absolute atomic E-state index is 14.0. The van der Waals surface area contributed by atoms with Crippen LogP contribution in [0.3, 0.4) is 0 Å². The van der Waals surface area contributed by atoms with Crippen LogP contribution in [-0.2, 0) is 22.6 Å². The molecule has 2 heterocycles. The second kappa shape index (κ2) is 7.01. The summed E-state index contributed by atoms with van der Waals surface area (Å²) in [5.74, 6) is -2.74. The number of nitrogens with one attached hydrogen (secondary N) is 2. The maximum Gasteiger partial charge on any atom is 0.419 e. The number of aromatic amines is 1. The number of fused-ring (bicyclic) bond motifs is 1. The molecular weight excluding hydrogens is 431 g/mol. The van der Waals surface area contributed by atoms with E-state index in [1.54, 1.807) is 16.9 Å². The lowest BCUT2D eigenvalue weighted by Gasteiger charge is -2.12. The summed E-state index contributed by atoms with van der Waals surface area (Å²) in [5.41, 5.74) is -0.768. The highest BCUT2D eigenvalue weighted by molar-refractivity contribution is 7.92. The fraction of sp³-hybridized carbons (Fsp3) is 0.158. The van der Waals surface area contributed by atoms with Gasteiger partial charge in [-0.3, -0.25) is 4.72 Å². The second-order valence-corrected chi connectivity index (χ2v) is 8.24. The second-order valence-electron chi connectivity index (χ2n) is 6.56. The van der Waals surface area contributed by atoms with E-state index in [1.165, 1.54) is 6.07 Å². The molecule has 0 saturated heterocycles. The molecule has 2 aromatic carbocycles. The van der Waals surface area contributed by atoms with Crippen LogP contribution in [0.25, 0.3) is 11.3 Å². The van der Waals surface area contributed by atoms with Crippen LogP contribution in [0.1, 0.15) is 11.1 Å². The third-order valence-electron chi connectivity index (χ3n) is 4.58. The molecule has 0 aliphatic carbocycles. The van der Waals surface area contributed by atoms with Crippen LogP contribution in [0.4, 0.5) is 27.6 Å². The highest BCUT2D eigenvalue weighted by atomic mass is 32.2. The quantitative estimate of drug-likeness (QED) is 0.573. The van der Waals surface area contributed by atoms with E-state index in [0.29, 0.717) is 23.6 Å². The fourth-order valence-electron chi connectivity index (χ4n) is 3.16. The zero-order valence-corrected chi connectivity index (χ0v) is 15.8. The lowest BCUT2D eigenvalue weighted by atomic mass is 10.1. The standard InChI is InChI=1S/C19H13F5N2O3S/c20-14-8-17(15(21)7-13(14)19(22,23)24)26-30(27,28)11-6-16(25-9-11)12-3-1-2-10-4-5-29-18(10)12/h1-3,6-9,25-26H,4-5H2. The molecule has 0 atom stereocenters. The van der Waals surface area contributed by atoms with Crippen LogP contribution in [0.2, 0.25) is 0 Å². The molecule has 0 radical (unpaired) electrons. The first-order chi connectivity index (χ1) is 14.1. The number of halogens is 5. The minimum absolute atomic E-state index is 0.0969. The maximum atomic E-state index is 14.0. The van der Waals surface area contributed by atoms with E-state index in [-0.39, 0.29) is 17.0 Å². The van der Waals surface area contributed by atoms with Gasteiger partial charge in [-0.25, -0.2) is 17.2 Å². The van der Waals surface area contributed by atoms with Gasteiger partial charge in [0.2, 0.25) is 0 Å². The van der Waals surface area contributed by atoms with Gasteiger partial charge in [0.05, 0.1) is 23.6 Å². The topological polar surface area (TPSA) is 71.2 Å². The molecule has 158 valence electrons. The fourth-order valence-corrected chi connectivity index (χ4v) is 4.21. The van der Waals surface area contributed by atoms with Crippen molar-refractivity contribution < 1.29 is 35.1 Å². The number of rotatable bonds is 4. The summed E-state index contributed by atoms with van der Waals surface area (Å²) in [7, 11) is -4.41. The Balaban J connectivity index is 1.65. The molecule has 30 heavy (non-hydrogen) atoms. The average molecular weight is 444 g/mol. The Kier molecular flexibility index (Phi) is 4.72. The molecular formula is C19H13F5N2O3S. The van der Waals surface area contributed by atoms with Crippen LogP contribution in [-0.4, -0.2) is 20.0 Å². The van der Waals surface area contributed by atoms with Crippen molar-refractivity contribution in [2.45, 2.75) is 17.5 Å². The number of alkyl halides is 3. The summed E-state index contributed by atoms with van der Waals surface area (Å²) in [6, 6.07) is 6.72. The smallest absolute Gasteiger partial charge is 0.419 e. The van der Waals surface area contributed by atoms with Crippen molar-refractivity contribution in [3.05, 3.63) is 65.4 Å². The van der Waals surface area contributed by atoms with Crippen LogP contribution >= 0.6 is 0 Å². The lowest BCUT2D eigenvalue weighted by Crippen LogP contribution is -2.15. The van der Waals surface area contributed by atoms with Crippen molar-refractivity contribution in [2.24, 2.45) is 0 Å². The number of para-hydroxylation sites is 1. The van der Waals surface area contributed by atoms with Gasteiger partial charge in [-0.15, -0.1) is 0 Å². The van der Waals surface area contributed by atoms with Gasteiger partial charge >= 0.3 is 6.18 Å². The van der Waals surface area contributed by atoms with E-state index in [0.717, 1.165) is 18.2 Å². The predicted octanol–water partition coefficient (Wildman–Crippen LogP) is 4.71. The Bertz CT molecular complexity index is 1240. The first-order valence-electron chi connectivity index (χ1n) is 8.59. The number of hydrogen-bond donors (Lipinski definition) is 2. The van der Waals surface area contributed by atoms with Crippen molar-refractivity contribution in [2.75, 3.05) is 11.3 Å². The van der Waals surface area contributed by atoms with Gasteiger partial charge in [-0.2, -0.15) is 13.2 Å². The number of aromatic nitrogens is 1. The predicted molar refractivity (Wildman–Crippen MR) is 97.6 cm³/mol. The Morgan fingerprint density at radius 1 is 1.07 bits per heavy atom. The van der Waals surface area contributed by atoms with Gasteiger partial charge in [0, 0.05) is 24.2 Å². The van der Waals surface area contributed by atoms with Gasteiger partial charge in [0.15, 0.2) is 0 Å². The summed E-state index contributed by atoms with van der Waals surface area (Å²) < 4.78 is 98.2. The number of ether oxygens (including phenoxy) is 1. The minimum atomic E-state index is -5.12. The van der Waals surface area contributed by atoms with E-state index in [9.17, 15) is 30.4 Å². The van der Waals surface area contributed by atoms with E-state index in [4.69, 9.17) is 4.74 Å². The largest absolute Gasteiger partial charge is 0.492 e. The summed E-state index contributed by atoms with van der Waals surface area (Å²) in [6.45, 7) is 0.499. The summed E-state index contributed by atoms with van der Waals surface area (Å²) in [5, 5.41) is 0. The van der Waals surface area contributed by atoms with Crippen molar-refractivity contribution in [1.82, 2.24) is 4.98 Å². The van der Waals surface area contributed by atoms with E-state index in [2.05, 4.69) is 4.98 Å². The van der Waals surface area contributed by atoms with E-state index >= 15 is 0 Å². The molecule has 4 rings (SSSR count). The minimum Gasteiger partial charge on any atom is -0.492 e. The first kappa shape index (κ1) is 20.2. The SMILES string of the molecule is O=S(=O)(Nc1cc(F)c(C(F)(F)F)cc1F)c1c[nH]c(-c2cccc3c2OCC3)c1. The Morgan fingerprint density at radius 2 is 1.83 bits per heavy atom. The first-order valence-corrected chi connectivity index (χ1v) is 10.1. The molecule has 0 bridgehead atoms. The molecule has 0 fully saturated rings. The average Bonchev–Trinajstić information content (AvgIpc) is 3.32. The molecule has 2 N–H and O–H groups in total. The molecule has 11 heteroatoms. The van der Waals surface area contributed by atoms with E-state index < -0.39 is 39.1 Å². The Labute approximate surface area is 167 Å². The highest BCUT2D eigenvalue weighted by Gasteiger charge is 2.35. The number of benzene rings is 2. The molecule has 0 spiro atoms. The molecule has 0 amide bonds. The Morgan fingerprint density at radius 3 is 2.57 bits per heavy atom. The zero-order chi connectivity index (χ0) is 21.7. The normalized spacial score (nSPS) is 13.8. The van der Waals surface area contributed by atoms with Crippen molar-refractivity contribution >= 4 is 15.7 Å². The van der Waals surface area contributed by atoms with Gasteiger partial charge < -0.3 is 9.72 Å². The van der Waals surface area contributed by atoms with Crippen molar-refractivity contribution in [1.29, 1.82) is 0 Å². The number of sulfonamides is 1. The van der Waals surface area contributed by atoms with Gasteiger partial charge in [-0.1, -0.05) is 12.1 Å². The lowest BCUT2D eigenvalue weighted by molar-refractivity contribution is -0.140. The molecule has 1 aliphatic heterocycles. The van der Waals surface area contributed by atoms with E-state index in [1.807, 2.05) is 6.07 Å². The molecule has 0 unspecified atom stereocenters. The highest BCUT2D eigenvalue weighted by Crippen LogP contribution is 2.37. The number of hydrogen-bond acceptors (Lipinski definition) is 3. The number of H-pyrrole nitrogens is 1. The van der Waals surface area contributed by atoms with Gasteiger partial charge in [0.25, 0.3) is 10.0 Å². The molecule has 0 saturated carbocycles. The Hall–Kier alpha value is -3.08. The third kappa shape index (κ3) is 3.60. The van der Waals surface area contributed by atoms with Gasteiger partial charge in [-0.05, 0) is 23.8 Å². The summed E-state index contributed by atoms with van der Waals surface area (Å²) in [6.07, 6.45) is -3.27. The number of anilines is 1. The third-order valence-corrected chi connectivity index (χ3v) is 5.92. The molecule has 1 aliphatic rings. The van der Waals surface area contributed by atoms with Crippen LogP contribution in [0.15, 0.2) is 47.5 Å². The monoisotopic (exact) mass is 444 g/mol. The molecule has 5 nitrogen and oxygen atoms in total. The molecule has 3 aromatic rings. The van der Waals surface area contributed by atoms with Crippen molar-refractivity contribution in [3.8, 4) is 17.0 Å². The van der Waals surface area contributed by atoms with Crippen molar-refractivity contribution in [3.63, 3.8) is 0 Å². The van der Waals surface area contributed by atoms with Gasteiger partial charge in [0.1, 0.15) is 22.3 Å². The van der Waals surface area contributed by atoms with Crippen LogP contribution in [0.5, 0.6) is 5.75 Å². The summed E-state index contributed by atoms with van der Waals surface area (Å²) in [4.78, 5) is 2.47. The van der Waals surface area contributed by atoms with Crippen LogP contribution in [0, 0.1) is 11.6 Å². The zero-order valence-electron chi connectivity index (χ0n) is 15.0.